The molecule has 1 heterocycles. The van der Waals surface area contributed by atoms with Crippen LogP contribution in [0.15, 0.2) is 23.1 Å². The maximum Gasteiger partial charge on any atom is 0.275 e. The van der Waals surface area contributed by atoms with E-state index in [-0.39, 0.29) is 16.9 Å². The molecular formula is C9H8N2O3. The number of fused-ring (bicyclic) bond motifs is 1. The van der Waals surface area contributed by atoms with E-state index in [4.69, 9.17) is 4.74 Å². The standard InChI is InChI=1S/C9H8N2O3/c1-14-6-3-2-5-4-10-11-9(13)7(5)8(6)12/h2-4,12H,1H3,(H,11,13). The normalized spacial score (nSPS) is 10.4. The van der Waals surface area contributed by atoms with E-state index < -0.39 is 5.56 Å². The van der Waals surface area contributed by atoms with Crippen molar-refractivity contribution in [3.8, 4) is 11.5 Å². The van der Waals surface area contributed by atoms with Crippen molar-refractivity contribution in [3.05, 3.63) is 28.7 Å². The van der Waals surface area contributed by atoms with Gasteiger partial charge >= 0.3 is 0 Å². The molecule has 14 heavy (non-hydrogen) atoms. The summed E-state index contributed by atoms with van der Waals surface area (Å²) in [6, 6.07) is 3.24. The number of aromatic hydroxyl groups is 1. The highest BCUT2D eigenvalue weighted by Gasteiger charge is 2.09. The lowest BCUT2D eigenvalue weighted by molar-refractivity contribution is 0.376. The molecule has 0 atom stereocenters. The Morgan fingerprint density at radius 1 is 1.50 bits per heavy atom. The van der Waals surface area contributed by atoms with Gasteiger partial charge in [0, 0.05) is 5.39 Å². The van der Waals surface area contributed by atoms with Crippen LogP contribution < -0.4 is 10.3 Å². The lowest BCUT2D eigenvalue weighted by atomic mass is 10.2. The molecular weight excluding hydrogens is 184 g/mol. The third-order valence-corrected chi connectivity index (χ3v) is 1.99. The molecule has 0 fully saturated rings. The molecule has 2 rings (SSSR count). The largest absolute Gasteiger partial charge is 0.504 e. The Balaban J connectivity index is 2.94. The Kier molecular flexibility index (Phi) is 1.85. The van der Waals surface area contributed by atoms with Gasteiger partial charge in [-0.25, -0.2) is 5.10 Å². The molecule has 1 aromatic heterocycles. The minimum atomic E-state index is -0.432. The van der Waals surface area contributed by atoms with E-state index in [0.717, 1.165) is 0 Å². The van der Waals surface area contributed by atoms with Gasteiger partial charge in [-0.1, -0.05) is 0 Å². The molecule has 1 aromatic carbocycles. The first-order valence-electron chi connectivity index (χ1n) is 3.97. The molecule has 2 aromatic rings. The number of H-pyrrole nitrogens is 1. The van der Waals surface area contributed by atoms with Gasteiger partial charge in [-0.3, -0.25) is 4.79 Å². The molecule has 0 bridgehead atoms. The number of rotatable bonds is 1. The van der Waals surface area contributed by atoms with Gasteiger partial charge in [0.15, 0.2) is 11.5 Å². The van der Waals surface area contributed by atoms with Crippen LogP contribution in [-0.2, 0) is 0 Å². The minimum Gasteiger partial charge on any atom is -0.504 e. The van der Waals surface area contributed by atoms with Gasteiger partial charge in [-0.05, 0) is 12.1 Å². The number of aromatic nitrogens is 2. The molecule has 2 N–H and O–H groups in total. The summed E-state index contributed by atoms with van der Waals surface area (Å²) in [6.45, 7) is 0. The second-order valence-electron chi connectivity index (χ2n) is 2.78. The van der Waals surface area contributed by atoms with Crippen molar-refractivity contribution in [2.75, 3.05) is 7.11 Å². The van der Waals surface area contributed by atoms with E-state index in [1.807, 2.05) is 0 Å². The Labute approximate surface area is 79.0 Å². The summed E-state index contributed by atoms with van der Waals surface area (Å²) in [5.74, 6) is 0.114. The molecule has 72 valence electrons. The fraction of sp³-hybridized carbons (Fsp3) is 0.111. The second kappa shape index (κ2) is 3.02. The van der Waals surface area contributed by atoms with E-state index in [1.54, 1.807) is 12.1 Å². The fourth-order valence-corrected chi connectivity index (χ4v) is 1.31. The monoisotopic (exact) mass is 192 g/mol. The highest BCUT2D eigenvalue weighted by Crippen LogP contribution is 2.31. The van der Waals surface area contributed by atoms with Crippen molar-refractivity contribution >= 4 is 10.8 Å². The van der Waals surface area contributed by atoms with Gasteiger partial charge in [-0.2, -0.15) is 5.10 Å². The minimum absolute atomic E-state index is 0.159. The van der Waals surface area contributed by atoms with Crippen molar-refractivity contribution in [3.63, 3.8) is 0 Å². The summed E-state index contributed by atoms with van der Waals surface area (Å²) in [6.07, 6.45) is 1.47. The van der Waals surface area contributed by atoms with Gasteiger partial charge in [-0.15, -0.1) is 0 Å². The van der Waals surface area contributed by atoms with E-state index in [2.05, 4.69) is 10.2 Å². The molecule has 5 heteroatoms. The Morgan fingerprint density at radius 3 is 3.00 bits per heavy atom. The van der Waals surface area contributed by atoms with Crippen LogP contribution in [0.3, 0.4) is 0 Å². The van der Waals surface area contributed by atoms with Crippen molar-refractivity contribution in [2.45, 2.75) is 0 Å². The Hall–Kier alpha value is -2.04. The highest BCUT2D eigenvalue weighted by atomic mass is 16.5. The van der Waals surface area contributed by atoms with Crippen molar-refractivity contribution in [2.24, 2.45) is 0 Å². The molecule has 0 radical (unpaired) electrons. The van der Waals surface area contributed by atoms with E-state index in [0.29, 0.717) is 5.39 Å². The SMILES string of the molecule is COc1ccc2cn[nH]c(=O)c2c1O. The zero-order valence-corrected chi connectivity index (χ0v) is 7.44. The number of phenolic OH excluding ortho intramolecular Hbond substituents is 1. The van der Waals surface area contributed by atoms with Crippen LogP contribution in [0, 0.1) is 0 Å². The van der Waals surface area contributed by atoms with Crippen LogP contribution in [0.4, 0.5) is 0 Å². The lowest BCUT2D eigenvalue weighted by Gasteiger charge is -2.04. The smallest absolute Gasteiger partial charge is 0.275 e. The Bertz CT molecular complexity index is 533. The summed E-state index contributed by atoms with van der Waals surface area (Å²) >= 11 is 0. The van der Waals surface area contributed by atoms with Gasteiger partial charge in [0.25, 0.3) is 5.56 Å². The summed E-state index contributed by atoms with van der Waals surface area (Å²) in [7, 11) is 1.43. The summed E-state index contributed by atoms with van der Waals surface area (Å²) < 4.78 is 4.88. The first kappa shape index (κ1) is 8.55. The molecule has 0 aliphatic carbocycles. The number of ether oxygens (including phenoxy) is 1. The summed E-state index contributed by atoms with van der Waals surface area (Å²) in [5.41, 5.74) is -0.432. The Morgan fingerprint density at radius 2 is 2.29 bits per heavy atom. The number of phenols is 1. The predicted molar refractivity (Wildman–Crippen MR) is 50.6 cm³/mol. The molecule has 0 unspecified atom stereocenters. The average molecular weight is 192 g/mol. The molecule has 0 amide bonds. The third kappa shape index (κ3) is 1.10. The van der Waals surface area contributed by atoms with Crippen molar-refractivity contribution < 1.29 is 9.84 Å². The van der Waals surface area contributed by atoms with E-state index in [9.17, 15) is 9.90 Å². The van der Waals surface area contributed by atoms with Gasteiger partial charge in [0.2, 0.25) is 0 Å². The summed E-state index contributed by atoms with van der Waals surface area (Å²) in [4.78, 5) is 11.3. The molecule has 0 saturated heterocycles. The molecule has 0 spiro atoms. The molecule has 0 saturated carbocycles. The maximum atomic E-state index is 11.3. The number of benzene rings is 1. The summed E-state index contributed by atoms with van der Waals surface area (Å²) in [5, 5.41) is 16.3. The van der Waals surface area contributed by atoms with Crippen LogP contribution >= 0.6 is 0 Å². The quantitative estimate of drug-likeness (QED) is 0.695. The van der Waals surface area contributed by atoms with Crippen LogP contribution in [0.2, 0.25) is 0 Å². The number of nitrogens with one attached hydrogen (secondary N) is 1. The van der Waals surface area contributed by atoms with Crippen LogP contribution in [0.1, 0.15) is 0 Å². The fourth-order valence-electron chi connectivity index (χ4n) is 1.31. The first-order valence-corrected chi connectivity index (χ1v) is 3.97. The van der Waals surface area contributed by atoms with Crippen molar-refractivity contribution in [1.82, 2.24) is 10.2 Å². The van der Waals surface area contributed by atoms with Crippen molar-refractivity contribution in [1.29, 1.82) is 0 Å². The number of aromatic amines is 1. The van der Waals surface area contributed by atoms with E-state index >= 15 is 0 Å². The number of hydrogen-bond donors (Lipinski definition) is 2. The average Bonchev–Trinajstić information content (AvgIpc) is 2.18. The third-order valence-electron chi connectivity index (χ3n) is 1.99. The number of methoxy groups -OCH3 is 1. The first-order chi connectivity index (χ1) is 6.74. The molecule has 0 aliphatic rings. The van der Waals surface area contributed by atoms with Crippen LogP contribution in [-0.4, -0.2) is 22.4 Å². The number of nitrogens with zero attached hydrogens (tertiary/aromatic N) is 1. The van der Waals surface area contributed by atoms with Gasteiger partial charge < -0.3 is 9.84 Å². The lowest BCUT2D eigenvalue weighted by Crippen LogP contribution is -2.07. The van der Waals surface area contributed by atoms with E-state index in [1.165, 1.54) is 13.3 Å². The predicted octanol–water partition coefficient (Wildman–Crippen LogP) is 0.637. The van der Waals surface area contributed by atoms with Gasteiger partial charge in [0.05, 0.1) is 18.7 Å². The van der Waals surface area contributed by atoms with Crippen LogP contribution in [0.5, 0.6) is 11.5 Å². The second-order valence-corrected chi connectivity index (χ2v) is 2.78. The maximum absolute atomic E-state index is 11.3. The van der Waals surface area contributed by atoms with Gasteiger partial charge in [0.1, 0.15) is 0 Å². The zero-order chi connectivity index (χ0) is 10.1. The topological polar surface area (TPSA) is 75.2 Å². The number of hydrogen-bond acceptors (Lipinski definition) is 4. The zero-order valence-electron chi connectivity index (χ0n) is 7.44. The van der Waals surface area contributed by atoms with Crippen LogP contribution in [0.25, 0.3) is 10.8 Å². The highest BCUT2D eigenvalue weighted by molar-refractivity contribution is 5.88. The molecule has 5 nitrogen and oxygen atoms in total. The molecule has 0 aliphatic heterocycles.